The standard InChI is InChI=1S/C24H29N3O2/c1-3-13-26-14-11-24(12-15-26)27-22(20-9-4-5-10-23(20)29-24)17-21(25-27)18-7-6-8-19(16-18)28-2/h4-10,16,22H,3,11-15,17H2,1-2H3. The number of likely N-dealkylation sites (tertiary alicyclic amines) is 1. The molecule has 3 heterocycles. The summed E-state index contributed by atoms with van der Waals surface area (Å²) in [5.41, 5.74) is 3.15. The number of hydrogen-bond donors (Lipinski definition) is 0. The van der Waals surface area contributed by atoms with Gasteiger partial charge in [-0.2, -0.15) is 5.10 Å². The smallest absolute Gasteiger partial charge is 0.200 e. The summed E-state index contributed by atoms with van der Waals surface area (Å²) in [5, 5.41) is 7.44. The summed E-state index contributed by atoms with van der Waals surface area (Å²) in [6.07, 6.45) is 4.05. The third-order valence-electron chi connectivity index (χ3n) is 6.49. The maximum Gasteiger partial charge on any atom is 0.200 e. The van der Waals surface area contributed by atoms with Gasteiger partial charge >= 0.3 is 0 Å². The lowest BCUT2D eigenvalue weighted by atomic mass is 9.90. The predicted octanol–water partition coefficient (Wildman–Crippen LogP) is 4.44. The van der Waals surface area contributed by atoms with Crippen molar-refractivity contribution in [2.45, 2.75) is 44.4 Å². The molecule has 152 valence electrons. The van der Waals surface area contributed by atoms with Crippen molar-refractivity contribution >= 4 is 5.71 Å². The molecule has 0 amide bonds. The molecule has 2 aromatic rings. The van der Waals surface area contributed by atoms with Crippen LogP contribution in [0.25, 0.3) is 0 Å². The van der Waals surface area contributed by atoms with Gasteiger partial charge in [0.1, 0.15) is 11.5 Å². The summed E-state index contributed by atoms with van der Waals surface area (Å²) in [6.45, 7) is 5.53. The molecule has 1 saturated heterocycles. The molecule has 5 nitrogen and oxygen atoms in total. The van der Waals surface area contributed by atoms with Gasteiger partial charge in [-0.05, 0) is 31.2 Å². The number of fused-ring (bicyclic) bond motifs is 4. The van der Waals surface area contributed by atoms with E-state index in [4.69, 9.17) is 14.6 Å². The van der Waals surface area contributed by atoms with E-state index in [1.165, 1.54) is 12.0 Å². The highest BCUT2D eigenvalue weighted by Gasteiger charge is 2.51. The normalized spacial score (nSPS) is 22.6. The molecule has 0 bridgehead atoms. The van der Waals surface area contributed by atoms with Gasteiger partial charge in [-0.15, -0.1) is 0 Å². The highest BCUT2D eigenvalue weighted by Crippen LogP contribution is 2.49. The Balaban J connectivity index is 1.51. The molecule has 0 aliphatic carbocycles. The zero-order chi connectivity index (χ0) is 19.8. The summed E-state index contributed by atoms with van der Waals surface area (Å²) in [6, 6.07) is 17.0. The second-order valence-corrected chi connectivity index (χ2v) is 8.27. The lowest BCUT2D eigenvalue weighted by Crippen LogP contribution is -2.59. The van der Waals surface area contributed by atoms with E-state index in [1.807, 2.05) is 12.1 Å². The first kappa shape index (κ1) is 18.5. The molecule has 0 N–H and O–H groups in total. The first-order chi connectivity index (χ1) is 14.2. The molecule has 2 aromatic carbocycles. The summed E-state index contributed by atoms with van der Waals surface area (Å²) < 4.78 is 12.1. The van der Waals surface area contributed by atoms with Crippen molar-refractivity contribution in [1.29, 1.82) is 0 Å². The molecule has 1 spiro atoms. The van der Waals surface area contributed by atoms with Crippen molar-refractivity contribution in [1.82, 2.24) is 9.91 Å². The van der Waals surface area contributed by atoms with Gasteiger partial charge in [0.25, 0.3) is 0 Å². The number of hydrazone groups is 1. The molecule has 0 aromatic heterocycles. The molecule has 0 radical (unpaired) electrons. The van der Waals surface area contributed by atoms with Crippen LogP contribution in [0, 0.1) is 0 Å². The number of methoxy groups -OCH3 is 1. The van der Waals surface area contributed by atoms with Crippen LogP contribution in [0.3, 0.4) is 0 Å². The predicted molar refractivity (Wildman–Crippen MR) is 114 cm³/mol. The average molecular weight is 392 g/mol. The Bertz CT molecular complexity index is 918. The first-order valence-electron chi connectivity index (χ1n) is 10.7. The fourth-order valence-corrected chi connectivity index (χ4v) is 4.98. The van der Waals surface area contributed by atoms with Gasteiger partial charge in [0.2, 0.25) is 5.72 Å². The van der Waals surface area contributed by atoms with Gasteiger partial charge in [0.15, 0.2) is 0 Å². The number of rotatable bonds is 4. The van der Waals surface area contributed by atoms with Gasteiger partial charge in [0.05, 0.1) is 18.9 Å². The zero-order valence-electron chi connectivity index (χ0n) is 17.3. The van der Waals surface area contributed by atoms with Crippen LogP contribution in [0.15, 0.2) is 53.6 Å². The van der Waals surface area contributed by atoms with Crippen LogP contribution in [0.4, 0.5) is 0 Å². The van der Waals surface area contributed by atoms with Gasteiger partial charge in [-0.25, -0.2) is 5.01 Å². The zero-order valence-corrected chi connectivity index (χ0v) is 17.3. The van der Waals surface area contributed by atoms with Gasteiger partial charge in [-0.3, -0.25) is 0 Å². The summed E-state index contributed by atoms with van der Waals surface area (Å²) >= 11 is 0. The molecule has 5 heteroatoms. The van der Waals surface area contributed by atoms with Crippen LogP contribution in [0.5, 0.6) is 11.5 Å². The number of benzene rings is 2. The molecule has 3 aliphatic heterocycles. The Morgan fingerprint density at radius 2 is 1.97 bits per heavy atom. The minimum atomic E-state index is -0.343. The minimum absolute atomic E-state index is 0.235. The molecule has 5 rings (SSSR count). The average Bonchev–Trinajstić information content (AvgIpc) is 3.23. The molecule has 1 unspecified atom stereocenters. The first-order valence-corrected chi connectivity index (χ1v) is 10.7. The third kappa shape index (κ3) is 3.18. The van der Waals surface area contributed by atoms with E-state index >= 15 is 0 Å². The largest absolute Gasteiger partial charge is 0.497 e. The summed E-state index contributed by atoms with van der Waals surface area (Å²) in [5.74, 6) is 1.90. The number of nitrogens with zero attached hydrogens (tertiary/aromatic N) is 3. The van der Waals surface area contributed by atoms with E-state index in [0.717, 1.165) is 61.7 Å². The van der Waals surface area contributed by atoms with Crippen molar-refractivity contribution in [2.24, 2.45) is 5.10 Å². The highest BCUT2D eigenvalue weighted by molar-refractivity contribution is 6.02. The monoisotopic (exact) mass is 391 g/mol. The molecule has 1 fully saturated rings. The van der Waals surface area contributed by atoms with Crippen molar-refractivity contribution < 1.29 is 9.47 Å². The SMILES string of the molecule is CCCN1CCC2(CC1)Oc1ccccc1C1CC(c3cccc(OC)c3)=NN12. The third-order valence-corrected chi connectivity index (χ3v) is 6.49. The summed E-state index contributed by atoms with van der Waals surface area (Å²) in [4.78, 5) is 2.55. The van der Waals surface area contributed by atoms with Crippen LogP contribution in [0.2, 0.25) is 0 Å². The van der Waals surface area contributed by atoms with Crippen molar-refractivity contribution in [3.8, 4) is 11.5 Å². The second-order valence-electron chi connectivity index (χ2n) is 8.27. The molecule has 29 heavy (non-hydrogen) atoms. The number of hydrogen-bond acceptors (Lipinski definition) is 5. The van der Waals surface area contributed by atoms with E-state index in [1.54, 1.807) is 7.11 Å². The summed E-state index contributed by atoms with van der Waals surface area (Å²) in [7, 11) is 1.71. The topological polar surface area (TPSA) is 37.3 Å². The molecule has 3 aliphatic rings. The van der Waals surface area contributed by atoms with Crippen LogP contribution in [-0.2, 0) is 0 Å². The number of piperidine rings is 1. The van der Waals surface area contributed by atoms with Crippen LogP contribution < -0.4 is 9.47 Å². The molecular weight excluding hydrogens is 362 g/mol. The molecule has 1 atom stereocenters. The van der Waals surface area contributed by atoms with Gasteiger partial charge < -0.3 is 14.4 Å². The molecular formula is C24H29N3O2. The Labute approximate surface area is 172 Å². The van der Waals surface area contributed by atoms with Crippen molar-refractivity contribution in [3.63, 3.8) is 0 Å². The van der Waals surface area contributed by atoms with E-state index < -0.39 is 0 Å². The lowest BCUT2D eigenvalue weighted by Gasteiger charge is -2.51. The van der Waals surface area contributed by atoms with Crippen LogP contribution in [0.1, 0.15) is 49.8 Å². The second kappa shape index (κ2) is 7.38. The maximum absolute atomic E-state index is 6.70. The van der Waals surface area contributed by atoms with E-state index in [-0.39, 0.29) is 11.8 Å². The van der Waals surface area contributed by atoms with Gasteiger partial charge in [-0.1, -0.05) is 37.3 Å². The maximum atomic E-state index is 6.70. The Morgan fingerprint density at radius 3 is 2.76 bits per heavy atom. The number of ether oxygens (including phenoxy) is 2. The van der Waals surface area contributed by atoms with Crippen molar-refractivity contribution in [2.75, 3.05) is 26.7 Å². The quantitative estimate of drug-likeness (QED) is 0.772. The van der Waals surface area contributed by atoms with Crippen molar-refractivity contribution in [3.05, 3.63) is 59.7 Å². The van der Waals surface area contributed by atoms with E-state index in [9.17, 15) is 0 Å². The van der Waals surface area contributed by atoms with Crippen LogP contribution >= 0.6 is 0 Å². The minimum Gasteiger partial charge on any atom is -0.497 e. The highest BCUT2D eigenvalue weighted by atomic mass is 16.5. The Morgan fingerprint density at radius 1 is 1.14 bits per heavy atom. The van der Waals surface area contributed by atoms with E-state index in [2.05, 4.69) is 53.2 Å². The Kier molecular flexibility index (Phi) is 4.70. The Hall–Kier alpha value is -2.53. The fraction of sp³-hybridized carbons (Fsp3) is 0.458. The molecule has 0 saturated carbocycles. The fourth-order valence-electron chi connectivity index (χ4n) is 4.98. The van der Waals surface area contributed by atoms with Crippen LogP contribution in [-0.4, -0.2) is 48.1 Å². The lowest BCUT2D eigenvalue weighted by molar-refractivity contribution is -0.149. The van der Waals surface area contributed by atoms with Gasteiger partial charge in [0, 0.05) is 43.5 Å². The number of para-hydroxylation sites is 1. The van der Waals surface area contributed by atoms with E-state index in [0.29, 0.717) is 0 Å².